The Hall–Kier alpha value is -0.760. The monoisotopic (exact) mass is 296 g/mol. The lowest BCUT2D eigenvalue weighted by Crippen LogP contribution is -2.22. The van der Waals surface area contributed by atoms with Crippen molar-refractivity contribution >= 4 is 35.1 Å². The maximum absolute atomic E-state index is 9.28. The molecule has 0 fully saturated rings. The van der Waals surface area contributed by atoms with Crippen LogP contribution in [-0.2, 0) is 0 Å². The zero-order valence-corrected chi connectivity index (χ0v) is 12.5. The van der Waals surface area contributed by atoms with Gasteiger partial charge < -0.3 is 5.73 Å². The fourth-order valence-electron chi connectivity index (χ4n) is 1.80. The van der Waals surface area contributed by atoms with E-state index in [-0.39, 0.29) is 9.33 Å². The predicted molar refractivity (Wildman–Crippen MR) is 80.3 cm³/mol. The molecule has 1 heterocycles. The summed E-state index contributed by atoms with van der Waals surface area (Å²) in [5.74, 6) is 0. The van der Waals surface area contributed by atoms with Gasteiger partial charge in [-0.2, -0.15) is 5.26 Å². The molecule has 0 aliphatic carbocycles. The molecule has 0 saturated carbocycles. The molecule has 0 unspecified atom stereocenters. The van der Waals surface area contributed by atoms with Gasteiger partial charge >= 0.3 is 0 Å². The molecule has 2 nitrogen and oxygen atoms in total. The van der Waals surface area contributed by atoms with Crippen LogP contribution in [0, 0.1) is 11.3 Å². The summed E-state index contributed by atoms with van der Waals surface area (Å²) < 4.78 is -0.0330. The Balaban J connectivity index is 2.45. The van der Waals surface area contributed by atoms with Gasteiger partial charge in [0.2, 0.25) is 0 Å². The van der Waals surface area contributed by atoms with Gasteiger partial charge in [0.25, 0.3) is 0 Å². The van der Waals surface area contributed by atoms with Gasteiger partial charge in [-0.1, -0.05) is 35.5 Å². The van der Waals surface area contributed by atoms with Crippen LogP contribution >= 0.6 is 35.1 Å². The lowest BCUT2D eigenvalue weighted by molar-refractivity contribution is 0.989. The zero-order chi connectivity index (χ0) is 13.3. The smallest absolute Gasteiger partial charge is 0.0990 e. The molecule has 0 spiro atoms. The largest absolute Gasteiger partial charge is 0.393 e. The van der Waals surface area contributed by atoms with Crippen molar-refractivity contribution in [1.82, 2.24) is 0 Å². The van der Waals surface area contributed by atoms with E-state index in [9.17, 15) is 5.26 Å². The van der Waals surface area contributed by atoms with E-state index in [0.717, 1.165) is 5.56 Å². The van der Waals surface area contributed by atoms with Crippen LogP contribution in [0.4, 0.5) is 0 Å². The van der Waals surface area contributed by atoms with Gasteiger partial charge in [-0.15, -0.1) is 11.8 Å². The van der Waals surface area contributed by atoms with E-state index in [1.165, 1.54) is 0 Å². The SMILES string of the molecule is CC1(C)SC(N)=C(C#N)[C@@H](c2ccc(Cl)cc2)S1. The quantitative estimate of drug-likeness (QED) is 0.840. The molecule has 0 aromatic heterocycles. The van der Waals surface area contributed by atoms with E-state index in [1.54, 1.807) is 23.5 Å². The van der Waals surface area contributed by atoms with Crippen molar-refractivity contribution in [2.24, 2.45) is 5.73 Å². The number of nitrogens with two attached hydrogens (primary N) is 1. The number of halogens is 1. The third-order valence-corrected chi connectivity index (χ3v) is 5.61. The number of thioether (sulfide) groups is 2. The van der Waals surface area contributed by atoms with Crippen molar-refractivity contribution in [2.75, 3.05) is 0 Å². The molecule has 1 aromatic carbocycles. The van der Waals surface area contributed by atoms with E-state index in [4.69, 9.17) is 17.3 Å². The first-order valence-corrected chi connectivity index (χ1v) is 7.52. The summed E-state index contributed by atoms with van der Waals surface area (Å²) in [6.07, 6.45) is 0. The van der Waals surface area contributed by atoms with Gasteiger partial charge in [0.1, 0.15) is 0 Å². The molecular weight excluding hydrogens is 284 g/mol. The molecular formula is C13H13ClN2S2. The van der Waals surface area contributed by atoms with Crippen molar-refractivity contribution in [1.29, 1.82) is 5.26 Å². The number of nitrogens with zero attached hydrogens (tertiary/aromatic N) is 1. The molecule has 1 atom stereocenters. The second-order valence-electron chi connectivity index (χ2n) is 4.44. The van der Waals surface area contributed by atoms with E-state index < -0.39 is 0 Å². The molecule has 0 radical (unpaired) electrons. The van der Waals surface area contributed by atoms with Crippen molar-refractivity contribution in [2.45, 2.75) is 23.2 Å². The van der Waals surface area contributed by atoms with Crippen LogP contribution in [0.2, 0.25) is 5.02 Å². The van der Waals surface area contributed by atoms with Gasteiger partial charge in [0.05, 0.1) is 26.0 Å². The van der Waals surface area contributed by atoms with Crippen LogP contribution < -0.4 is 5.73 Å². The molecule has 1 aliphatic rings. The second-order valence-corrected chi connectivity index (χ2v) is 8.53. The number of rotatable bonds is 1. The van der Waals surface area contributed by atoms with Crippen molar-refractivity contribution in [3.63, 3.8) is 0 Å². The molecule has 2 rings (SSSR count). The number of hydrogen-bond acceptors (Lipinski definition) is 4. The van der Waals surface area contributed by atoms with Gasteiger partial charge in [0.15, 0.2) is 0 Å². The minimum Gasteiger partial charge on any atom is -0.393 e. The van der Waals surface area contributed by atoms with Crippen LogP contribution in [-0.4, -0.2) is 4.08 Å². The van der Waals surface area contributed by atoms with Crippen LogP contribution in [0.15, 0.2) is 34.9 Å². The molecule has 0 amide bonds. The van der Waals surface area contributed by atoms with Gasteiger partial charge in [-0.05, 0) is 31.5 Å². The topological polar surface area (TPSA) is 49.8 Å². The highest BCUT2D eigenvalue weighted by Gasteiger charge is 2.35. The summed E-state index contributed by atoms with van der Waals surface area (Å²) in [6.45, 7) is 4.23. The molecule has 2 N–H and O–H groups in total. The highest BCUT2D eigenvalue weighted by Crippen LogP contribution is 2.55. The minimum absolute atomic E-state index is 0.0106. The Bertz CT molecular complexity index is 529. The molecule has 1 aromatic rings. The fraction of sp³-hybridized carbons (Fsp3) is 0.308. The van der Waals surface area contributed by atoms with E-state index in [0.29, 0.717) is 15.6 Å². The summed E-state index contributed by atoms with van der Waals surface area (Å²) in [5, 5.41) is 10.6. The third-order valence-electron chi connectivity index (χ3n) is 2.58. The first kappa shape index (κ1) is 13.7. The van der Waals surface area contributed by atoms with E-state index in [1.807, 2.05) is 24.3 Å². The van der Waals surface area contributed by atoms with Crippen molar-refractivity contribution in [3.8, 4) is 6.07 Å². The highest BCUT2D eigenvalue weighted by molar-refractivity contribution is 8.20. The summed E-state index contributed by atoms with van der Waals surface area (Å²) in [5.41, 5.74) is 7.72. The average Bonchev–Trinajstić information content (AvgIpc) is 2.28. The van der Waals surface area contributed by atoms with Crippen LogP contribution in [0.1, 0.15) is 24.7 Å². The summed E-state index contributed by atoms with van der Waals surface area (Å²) in [4.78, 5) is 0. The Labute approximate surface area is 121 Å². The number of hydrogen-bond donors (Lipinski definition) is 1. The van der Waals surface area contributed by atoms with Crippen LogP contribution in [0.25, 0.3) is 0 Å². The molecule has 0 bridgehead atoms. The van der Waals surface area contributed by atoms with Crippen LogP contribution in [0.5, 0.6) is 0 Å². The first-order chi connectivity index (χ1) is 8.43. The minimum atomic E-state index is -0.0330. The van der Waals surface area contributed by atoms with E-state index in [2.05, 4.69) is 19.9 Å². The molecule has 0 saturated heterocycles. The van der Waals surface area contributed by atoms with Gasteiger partial charge in [-0.25, -0.2) is 0 Å². The highest BCUT2D eigenvalue weighted by atomic mass is 35.5. The summed E-state index contributed by atoms with van der Waals surface area (Å²) >= 11 is 9.19. The molecule has 18 heavy (non-hydrogen) atoms. The van der Waals surface area contributed by atoms with Crippen LogP contribution in [0.3, 0.4) is 0 Å². The average molecular weight is 297 g/mol. The standard InChI is InChI=1S/C13H13ClN2S2/c1-13(2)17-11(10(7-15)12(16)18-13)8-3-5-9(14)6-4-8/h3-6,11H,16H2,1-2H3/t11-/m1/s1. The second kappa shape index (κ2) is 5.08. The lowest BCUT2D eigenvalue weighted by atomic mass is 10.1. The predicted octanol–water partition coefficient (Wildman–Crippen LogP) is 4.29. The Morgan fingerprint density at radius 3 is 2.50 bits per heavy atom. The number of benzene rings is 1. The fourth-order valence-corrected chi connectivity index (χ4v) is 4.71. The normalized spacial score (nSPS) is 22.7. The van der Waals surface area contributed by atoms with Gasteiger partial charge in [-0.3, -0.25) is 0 Å². The Morgan fingerprint density at radius 2 is 1.94 bits per heavy atom. The molecule has 1 aliphatic heterocycles. The Kier molecular flexibility index (Phi) is 3.86. The van der Waals surface area contributed by atoms with Crippen molar-refractivity contribution in [3.05, 3.63) is 45.5 Å². The van der Waals surface area contributed by atoms with Gasteiger partial charge in [0, 0.05) is 5.02 Å². The maximum Gasteiger partial charge on any atom is 0.0990 e. The zero-order valence-electron chi connectivity index (χ0n) is 10.1. The van der Waals surface area contributed by atoms with E-state index >= 15 is 0 Å². The maximum atomic E-state index is 9.28. The molecule has 5 heteroatoms. The molecule has 94 valence electrons. The third kappa shape index (κ3) is 2.80. The Morgan fingerprint density at radius 1 is 1.33 bits per heavy atom. The summed E-state index contributed by atoms with van der Waals surface area (Å²) in [6, 6.07) is 9.83. The number of nitriles is 1. The summed E-state index contributed by atoms with van der Waals surface area (Å²) in [7, 11) is 0. The van der Waals surface area contributed by atoms with Crippen molar-refractivity contribution < 1.29 is 0 Å². The lowest BCUT2D eigenvalue weighted by Gasteiger charge is -2.34. The first-order valence-electron chi connectivity index (χ1n) is 5.45.